The Bertz CT molecular complexity index is 470. The zero-order chi connectivity index (χ0) is 12.8. The summed E-state index contributed by atoms with van der Waals surface area (Å²) < 4.78 is 1.02. The van der Waals surface area contributed by atoms with Gasteiger partial charge in [0.25, 0.3) is 0 Å². The van der Waals surface area contributed by atoms with Crippen LogP contribution in [0.15, 0.2) is 59.1 Å². The van der Waals surface area contributed by atoms with Crippen LogP contribution in [-0.4, -0.2) is 11.7 Å². The van der Waals surface area contributed by atoms with Gasteiger partial charge in [-0.15, -0.1) is 0 Å². The monoisotopic (exact) mass is 305 g/mol. The maximum absolute atomic E-state index is 10.0. The third kappa shape index (κ3) is 3.95. The molecule has 0 saturated carbocycles. The van der Waals surface area contributed by atoms with Crippen molar-refractivity contribution >= 4 is 15.9 Å². The lowest BCUT2D eigenvalue weighted by molar-refractivity contribution is 0.174. The molecule has 0 aliphatic carbocycles. The summed E-state index contributed by atoms with van der Waals surface area (Å²) in [7, 11) is 0. The molecule has 0 spiro atoms. The van der Waals surface area contributed by atoms with Crippen molar-refractivity contribution in [2.45, 2.75) is 12.6 Å². The number of aliphatic hydroxyl groups is 1. The molecule has 2 aromatic carbocycles. The summed E-state index contributed by atoms with van der Waals surface area (Å²) in [5.74, 6) is 0. The van der Waals surface area contributed by atoms with Crippen LogP contribution in [0, 0.1) is 0 Å². The van der Waals surface area contributed by atoms with E-state index in [4.69, 9.17) is 0 Å². The van der Waals surface area contributed by atoms with Crippen LogP contribution in [0.1, 0.15) is 17.2 Å². The van der Waals surface area contributed by atoms with Crippen molar-refractivity contribution in [3.63, 3.8) is 0 Å². The summed E-state index contributed by atoms with van der Waals surface area (Å²) in [5, 5.41) is 13.3. The molecule has 0 fully saturated rings. The van der Waals surface area contributed by atoms with Crippen LogP contribution in [0.4, 0.5) is 0 Å². The van der Waals surface area contributed by atoms with Crippen LogP contribution in [0.5, 0.6) is 0 Å². The van der Waals surface area contributed by atoms with Gasteiger partial charge in [-0.05, 0) is 23.3 Å². The SMILES string of the molecule is O[C@H](CNCc1ccccc1)c1ccc(Br)cc1. The molecule has 0 aliphatic heterocycles. The molecular formula is C15H16BrNO. The minimum Gasteiger partial charge on any atom is -0.387 e. The second kappa shape index (κ2) is 6.69. The summed E-state index contributed by atoms with van der Waals surface area (Å²) in [6.07, 6.45) is -0.471. The highest BCUT2D eigenvalue weighted by Gasteiger charge is 2.06. The summed E-state index contributed by atoms with van der Waals surface area (Å²) in [5.41, 5.74) is 2.15. The van der Waals surface area contributed by atoms with E-state index in [1.54, 1.807) is 0 Å². The number of benzene rings is 2. The molecule has 0 radical (unpaired) electrons. The van der Waals surface area contributed by atoms with Gasteiger partial charge in [0.05, 0.1) is 6.10 Å². The van der Waals surface area contributed by atoms with Crippen LogP contribution < -0.4 is 5.32 Å². The highest BCUT2D eigenvalue weighted by molar-refractivity contribution is 9.10. The van der Waals surface area contributed by atoms with Crippen molar-refractivity contribution < 1.29 is 5.11 Å². The van der Waals surface area contributed by atoms with Gasteiger partial charge in [-0.25, -0.2) is 0 Å². The second-order valence-corrected chi connectivity index (χ2v) is 5.10. The lowest BCUT2D eigenvalue weighted by atomic mass is 10.1. The topological polar surface area (TPSA) is 32.3 Å². The van der Waals surface area contributed by atoms with Gasteiger partial charge >= 0.3 is 0 Å². The van der Waals surface area contributed by atoms with E-state index in [2.05, 4.69) is 33.4 Å². The Morgan fingerprint density at radius 3 is 2.33 bits per heavy atom. The van der Waals surface area contributed by atoms with Crippen molar-refractivity contribution in [3.05, 3.63) is 70.2 Å². The first-order valence-electron chi connectivity index (χ1n) is 5.94. The molecule has 0 amide bonds. The van der Waals surface area contributed by atoms with E-state index in [1.807, 2.05) is 42.5 Å². The van der Waals surface area contributed by atoms with Crippen LogP contribution in [0.25, 0.3) is 0 Å². The fourth-order valence-electron chi connectivity index (χ4n) is 1.75. The van der Waals surface area contributed by atoms with Crippen LogP contribution in [0.2, 0.25) is 0 Å². The summed E-state index contributed by atoms with van der Waals surface area (Å²) >= 11 is 3.38. The van der Waals surface area contributed by atoms with Crippen molar-refractivity contribution in [3.8, 4) is 0 Å². The summed E-state index contributed by atoms with van der Waals surface area (Å²) in [6.45, 7) is 1.32. The molecule has 2 aromatic rings. The molecule has 0 heterocycles. The molecule has 3 heteroatoms. The normalized spacial score (nSPS) is 12.3. The average molecular weight is 306 g/mol. The fourth-order valence-corrected chi connectivity index (χ4v) is 2.02. The largest absolute Gasteiger partial charge is 0.387 e. The zero-order valence-corrected chi connectivity index (χ0v) is 11.6. The van der Waals surface area contributed by atoms with Gasteiger partial charge in [-0.3, -0.25) is 0 Å². The van der Waals surface area contributed by atoms with Crippen LogP contribution >= 0.6 is 15.9 Å². The van der Waals surface area contributed by atoms with Crippen molar-refractivity contribution in [1.29, 1.82) is 0 Å². The maximum atomic E-state index is 10.0. The van der Waals surface area contributed by atoms with Crippen LogP contribution in [0.3, 0.4) is 0 Å². The highest BCUT2D eigenvalue weighted by Crippen LogP contribution is 2.16. The van der Waals surface area contributed by atoms with Gasteiger partial charge in [0.15, 0.2) is 0 Å². The third-order valence-corrected chi connectivity index (χ3v) is 3.29. The third-order valence-electron chi connectivity index (χ3n) is 2.76. The average Bonchev–Trinajstić information content (AvgIpc) is 2.40. The number of hydrogen-bond acceptors (Lipinski definition) is 2. The first-order chi connectivity index (χ1) is 8.75. The van der Waals surface area contributed by atoms with Crippen LogP contribution in [-0.2, 0) is 6.54 Å². The second-order valence-electron chi connectivity index (χ2n) is 4.18. The molecule has 1 atom stereocenters. The standard InChI is InChI=1S/C15H16BrNO/c16-14-8-6-13(7-9-14)15(18)11-17-10-12-4-2-1-3-5-12/h1-9,15,17-18H,10-11H2/t15-/m1/s1. The highest BCUT2D eigenvalue weighted by atomic mass is 79.9. The first-order valence-corrected chi connectivity index (χ1v) is 6.73. The molecule has 2 rings (SSSR count). The molecule has 0 aliphatic rings. The predicted molar refractivity (Wildman–Crippen MR) is 77.3 cm³/mol. The van der Waals surface area contributed by atoms with E-state index in [0.717, 1.165) is 16.6 Å². The lowest BCUT2D eigenvalue weighted by Crippen LogP contribution is -2.20. The van der Waals surface area contributed by atoms with Crippen molar-refractivity contribution in [1.82, 2.24) is 5.32 Å². The Kier molecular flexibility index (Phi) is 4.93. The molecular weight excluding hydrogens is 290 g/mol. The van der Waals surface area contributed by atoms with E-state index in [0.29, 0.717) is 6.54 Å². The van der Waals surface area contributed by atoms with E-state index in [-0.39, 0.29) is 0 Å². The zero-order valence-electron chi connectivity index (χ0n) is 10.0. The molecule has 94 valence electrons. The van der Waals surface area contributed by atoms with E-state index < -0.39 is 6.10 Å². The van der Waals surface area contributed by atoms with Gasteiger partial charge in [-0.2, -0.15) is 0 Å². The lowest BCUT2D eigenvalue weighted by Gasteiger charge is -2.12. The van der Waals surface area contributed by atoms with Gasteiger partial charge in [0.2, 0.25) is 0 Å². The molecule has 18 heavy (non-hydrogen) atoms. The van der Waals surface area contributed by atoms with E-state index in [9.17, 15) is 5.11 Å². The molecule has 2 nitrogen and oxygen atoms in total. The van der Waals surface area contributed by atoms with E-state index >= 15 is 0 Å². The Balaban J connectivity index is 1.81. The Morgan fingerprint density at radius 2 is 1.67 bits per heavy atom. The van der Waals surface area contributed by atoms with Gasteiger partial charge < -0.3 is 10.4 Å². The Morgan fingerprint density at radius 1 is 1.00 bits per heavy atom. The smallest absolute Gasteiger partial charge is 0.0914 e. The number of rotatable bonds is 5. The van der Waals surface area contributed by atoms with E-state index in [1.165, 1.54) is 5.56 Å². The molecule has 2 N–H and O–H groups in total. The molecule has 0 bridgehead atoms. The minimum atomic E-state index is -0.471. The molecule has 0 unspecified atom stereocenters. The maximum Gasteiger partial charge on any atom is 0.0914 e. The first kappa shape index (κ1) is 13.3. The summed E-state index contributed by atoms with van der Waals surface area (Å²) in [4.78, 5) is 0. The van der Waals surface area contributed by atoms with Gasteiger partial charge in [-0.1, -0.05) is 58.4 Å². The van der Waals surface area contributed by atoms with Gasteiger partial charge in [0, 0.05) is 17.6 Å². The minimum absolute atomic E-state index is 0.471. The van der Waals surface area contributed by atoms with Crippen molar-refractivity contribution in [2.24, 2.45) is 0 Å². The number of hydrogen-bond donors (Lipinski definition) is 2. The predicted octanol–water partition coefficient (Wildman–Crippen LogP) is 3.27. The number of nitrogens with one attached hydrogen (secondary N) is 1. The fraction of sp³-hybridized carbons (Fsp3) is 0.200. The number of halogens is 1. The quantitative estimate of drug-likeness (QED) is 0.888. The number of aliphatic hydroxyl groups excluding tert-OH is 1. The van der Waals surface area contributed by atoms with Gasteiger partial charge in [0.1, 0.15) is 0 Å². The Hall–Kier alpha value is -1.16. The summed E-state index contributed by atoms with van der Waals surface area (Å²) in [6, 6.07) is 17.9. The molecule has 0 aromatic heterocycles. The Labute approximate surface area is 116 Å². The molecule has 0 saturated heterocycles. The van der Waals surface area contributed by atoms with Crippen molar-refractivity contribution in [2.75, 3.05) is 6.54 Å².